The molecule has 0 fully saturated rings. The Hall–Kier alpha value is -1.81. The van der Waals surface area contributed by atoms with Crippen LogP contribution in [0.4, 0.5) is 0 Å². The number of rotatable bonds is 4. The minimum absolute atomic E-state index is 0.335. The van der Waals surface area contributed by atoms with E-state index in [0.717, 1.165) is 15.8 Å². The SMILES string of the molecule is COC(=O)c1ccc(COc2ccccc2Br)cc1. The van der Waals surface area contributed by atoms with Crippen LogP contribution >= 0.6 is 15.9 Å². The second kappa shape index (κ2) is 6.38. The standard InChI is InChI=1S/C15H13BrO3/c1-18-15(17)12-8-6-11(7-9-12)10-19-14-5-3-2-4-13(14)16/h2-9H,10H2,1H3. The number of para-hydroxylation sites is 1. The highest BCUT2D eigenvalue weighted by molar-refractivity contribution is 9.10. The molecule has 0 bridgehead atoms. The Labute approximate surface area is 120 Å². The van der Waals surface area contributed by atoms with Gasteiger partial charge in [-0.25, -0.2) is 4.79 Å². The largest absolute Gasteiger partial charge is 0.488 e. The number of hydrogen-bond donors (Lipinski definition) is 0. The smallest absolute Gasteiger partial charge is 0.337 e. The molecule has 0 aliphatic heterocycles. The van der Waals surface area contributed by atoms with Crippen molar-refractivity contribution in [2.45, 2.75) is 6.61 Å². The maximum Gasteiger partial charge on any atom is 0.337 e. The summed E-state index contributed by atoms with van der Waals surface area (Å²) in [6, 6.07) is 14.8. The summed E-state index contributed by atoms with van der Waals surface area (Å²) in [6.07, 6.45) is 0. The summed E-state index contributed by atoms with van der Waals surface area (Å²) in [6.45, 7) is 0.448. The zero-order valence-electron chi connectivity index (χ0n) is 10.4. The molecule has 0 atom stereocenters. The lowest BCUT2D eigenvalue weighted by Crippen LogP contribution is -2.02. The van der Waals surface area contributed by atoms with E-state index in [-0.39, 0.29) is 5.97 Å². The highest BCUT2D eigenvalue weighted by Crippen LogP contribution is 2.24. The topological polar surface area (TPSA) is 35.5 Å². The van der Waals surface area contributed by atoms with E-state index in [9.17, 15) is 4.79 Å². The third kappa shape index (κ3) is 3.58. The summed E-state index contributed by atoms with van der Waals surface area (Å²) in [7, 11) is 1.37. The lowest BCUT2D eigenvalue weighted by Gasteiger charge is -2.08. The third-order valence-electron chi connectivity index (χ3n) is 2.61. The molecule has 98 valence electrons. The van der Waals surface area contributed by atoms with Crippen LogP contribution in [0.1, 0.15) is 15.9 Å². The number of carbonyl (C=O) groups is 1. The van der Waals surface area contributed by atoms with Gasteiger partial charge in [-0.05, 0) is 45.8 Å². The van der Waals surface area contributed by atoms with Crippen molar-refractivity contribution >= 4 is 21.9 Å². The Balaban J connectivity index is 2.01. The molecule has 0 amide bonds. The van der Waals surface area contributed by atoms with Crippen LogP contribution in [0.15, 0.2) is 53.0 Å². The van der Waals surface area contributed by atoms with Gasteiger partial charge in [0.1, 0.15) is 12.4 Å². The first-order valence-corrected chi connectivity index (χ1v) is 6.54. The van der Waals surface area contributed by atoms with Crippen LogP contribution in [0.3, 0.4) is 0 Å². The molecular weight excluding hydrogens is 308 g/mol. The molecule has 0 radical (unpaired) electrons. The van der Waals surface area contributed by atoms with Crippen molar-refractivity contribution in [1.82, 2.24) is 0 Å². The van der Waals surface area contributed by atoms with Gasteiger partial charge in [0.25, 0.3) is 0 Å². The van der Waals surface area contributed by atoms with Crippen molar-refractivity contribution < 1.29 is 14.3 Å². The molecule has 0 saturated carbocycles. The maximum atomic E-state index is 11.3. The van der Waals surface area contributed by atoms with Gasteiger partial charge in [0.15, 0.2) is 0 Å². The molecule has 0 aliphatic rings. The van der Waals surface area contributed by atoms with E-state index in [4.69, 9.17) is 4.74 Å². The lowest BCUT2D eigenvalue weighted by atomic mass is 10.1. The predicted molar refractivity (Wildman–Crippen MR) is 76.3 cm³/mol. The van der Waals surface area contributed by atoms with Gasteiger partial charge in [0.05, 0.1) is 17.1 Å². The van der Waals surface area contributed by atoms with E-state index < -0.39 is 0 Å². The van der Waals surface area contributed by atoms with Crippen LogP contribution in [-0.4, -0.2) is 13.1 Å². The van der Waals surface area contributed by atoms with E-state index in [0.29, 0.717) is 12.2 Å². The van der Waals surface area contributed by atoms with Crippen LogP contribution < -0.4 is 4.74 Å². The Morgan fingerprint density at radius 3 is 2.42 bits per heavy atom. The van der Waals surface area contributed by atoms with E-state index in [1.807, 2.05) is 36.4 Å². The van der Waals surface area contributed by atoms with Gasteiger partial charge in [0.2, 0.25) is 0 Å². The number of esters is 1. The first-order valence-electron chi connectivity index (χ1n) is 5.75. The third-order valence-corrected chi connectivity index (χ3v) is 3.26. The number of hydrogen-bond acceptors (Lipinski definition) is 3. The van der Waals surface area contributed by atoms with Crippen molar-refractivity contribution in [2.24, 2.45) is 0 Å². The second-order valence-corrected chi connectivity index (χ2v) is 4.76. The summed E-state index contributed by atoms with van der Waals surface area (Å²) < 4.78 is 11.2. The van der Waals surface area contributed by atoms with Crippen LogP contribution in [0, 0.1) is 0 Å². The van der Waals surface area contributed by atoms with Gasteiger partial charge in [-0.2, -0.15) is 0 Å². The van der Waals surface area contributed by atoms with Crippen molar-refractivity contribution in [3.05, 3.63) is 64.1 Å². The molecular formula is C15H13BrO3. The molecule has 0 aromatic heterocycles. The molecule has 0 saturated heterocycles. The average Bonchev–Trinajstić information content (AvgIpc) is 2.46. The number of benzene rings is 2. The fraction of sp³-hybridized carbons (Fsp3) is 0.133. The van der Waals surface area contributed by atoms with E-state index in [2.05, 4.69) is 20.7 Å². The van der Waals surface area contributed by atoms with Crippen LogP contribution in [-0.2, 0) is 11.3 Å². The van der Waals surface area contributed by atoms with Gasteiger partial charge >= 0.3 is 5.97 Å². The van der Waals surface area contributed by atoms with Crippen molar-refractivity contribution in [1.29, 1.82) is 0 Å². The summed E-state index contributed by atoms with van der Waals surface area (Å²) in [5.41, 5.74) is 1.52. The van der Waals surface area contributed by atoms with Crippen molar-refractivity contribution in [3.63, 3.8) is 0 Å². The van der Waals surface area contributed by atoms with Crippen LogP contribution in [0.25, 0.3) is 0 Å². The average molecular weight is 321 g/mol. The molecule has 2 aromatic carbocycles. The first-order chi connectivity index (χ1) is 9.20. The molecule has 0 spiro atoms. The lowest BCUT2D eigenvalue weighted by molar-refractivity contribution is 0.0600. The number of ether oxygens (including phenoxy) is 2. The Kier molecular flexibility index (Phi) is 4.58. The normalized spacial score (nSPS) is 10.0. The zero-order chi connectivity index (χ0) is 13.7. The highest BCUT2D eigenvalue weighted by atomic mass is 79.9. The molecule has 4 heteroatoms. The second-order valence-electron chi connectivity index (χ2n) is 3.91. The van der Waals surface area contributed by atoms with E-state index in [1.165, 1.54) is 7.11 Å². The summed E-state index contributed by atoms with van der Waals surface area (Å²) in [4.78, 5) is 11.3. The summed E-state index contributed by atoms with van der Waals surface area (Å²) >= 11 is 3.42. The number of carbonyl (C=O) groups excluding carboxylic acids is 1. The minimum atomic E-state index is -0.335. The molecule has 3 nitrogen and oxygen atoms in total. The Morgan fingerprint density at radius 2 is 1.79 bits per heavy atom. The first kappa shape index (κ1) is 13.6. The van der Waals surface area contributed by atoms with Gasteiger partial charge in [-0.1, -0.05) is 24.3 Å². The van der Waals surface area contributed by atoms with Crippen LogP contribution in [0.2, 0.25) is 0 Å². The predicted octanol–water partition coefficient (Wildman–Crippen LogP) is 3.81. The van der Waals surface area contributed by atoms with Crippen LogP contribution in [0.5, 0.6) is 5.75 Å². The molecule has 19 heavy (non-hydrogen) atoms. The summed E-state index contributed by atoms with van der Waals surface area (Å²) in [5, 5.41) is 0. The molecule has 0 unspecified atom stereocenters. The maximum absolute atomic E-state index is 11.3. The van der Waals surface area contributed by atoms with Gasteiger partial charge in [-0.3, -0.25) is 0 Å². The fourth-order valence-electron chi connectivity index (χ4n) is 1.58. The van der Waals surface area contributed by atoms with E-state index >= 15 is 0 Å². The minimum Gasteiger partial charge on any atom is -0.488 e. The Morgan fingerprint density at radius 1 is 1.11 bits per heavy atom. The monoisotopic (exact) mass is 320 g/mol. The molecule has 0 N–H and O–H groups in total. The Bertz CT molecular complexity index is 564. The molecule has 2 rings (SSSR count). The molecule has 2 aromatic rings. The van der Waals surface area contributed by atoms with E-state index in [1.54, 1.807) is 12.1 Å². The molecule has 0 aliphatic carbocycles. The van der Waals surface area contributed by atoms with Crippen molar-refractivity contribution in [2.75, 3.05) is 7.11 Å². The number of halogens is 1. The van der Waals surface area contributed by atoms with Gasteiger partial charge in [0, 0.05) is 0 Å². The summed E-state index contributed by atoms with van der Waals surface area (Å²) in [5.74, 6) is 0.456. The highest BCUT2D eigenvalue weighted by Gasteiger charge is 2.05. The van der Waals surface area contributed by atoms with Gasteiger partial charge in [-0.15, -0.1) is 0 Å². The number of methoxy groups -OCH3 is 1. The quantitative estimate of drug-likeness (QED) is 0.803. The fourth-order valence-corrected chi connectivity index (χ4v) is 1.98. The van der Waals surface area contributed by atoms with Gasteiger partial charge < -0.3 is 9.47 Å². The van der Waals surface area contributed by atoms with Crippen molar-refractivity contribution in [3.8, 4) is 5.75 Å². The zero-order valence-corrected chi connectivity index (χ0v) is 12.0. The molecule has 0 heterocycles.